The molecular formula is C30H16F6I2N4O2. The quantitative estimate of drug-likeness (QED) is 0.156. The van der Waals surface area contributed by atoms with Crippen LogP contribution in [0.2, 0.25) is 0 Å². The van der Waals surface area contributed by atoms with Gasteiger partial charge in [-0.2, -0.15) is 0 Å². The zero-order valence-corrected chi connectivity index (χ0v) is 26.2. The molecule has 0 saturated carbocycles. The number of hydrogen-bond donors (Lipinski definition) is 1. The number of aromatic nitrogens is 2. The van der Waals surface area contributed by atoms with Crippen LogP contribution in [0.4, 0.5) is 43.4 Å². The van der Waals surface area contributed by atoms with Crippen LogP contribution in [0, 0.1) is 32.7 Å². The molecular weight excluding hydrogens is 816 g/mol. The van der Waals surface area contributed by atoms with Crippen LogP contribution in [0.3, 0.4) is 0 Å². The van der Waals surface area contributed by atoms with Crippen molar-refractivity contribution in [2.45, 2.75) is 6.42 Å². The number of allylic oxidation sites excluding steroid dienone is 5. The van der Waals surface area contributed by atoms with Gasteiger partial charge in [0.2, 0.25) is 0 Å². The summed E-state index contributed by atoms with van der Waals surface area (Å²) in [5, 5.41) is 2.42. The largest absolute Gasteiger partial charge is 0.353 e. The lowest BCUT2D eigenvalue weighted by Crippen LogP contribution is -2.31. The predicted octanol–water partition coefficient (Wildman–Crippen LogP) is 8.72. The third kappa shape index (κ3) is 6.17. The number of carbonyl (C=O) groups excluding carboxylic acids is 2. The topological polar surface area (TPSA) is 67.2 Å². The molecule has 5 rings (SSSR count). The number of halogens is 8. The number of anilines is 3. The second kappa shape index (κ2) is 13.0. The summed E-state index contributed by atoms with van der Waals surface area (Å²) >= 11 is 3.64. The Hall–Kier alpha value is -3.93. The molecule has 14 heteroatoms. The molecule has 1 aliphatic carbocycles. The van der Waals surface area contributed by atoms with Gasteiger partial charge in [-0.05, 0) is 93.7 Å². The van der Waals surface area contributed by atoms with E-state index in [1.807, 2.05) is 22.6 Å². The molecule has 1 aromatic heterocycles. The van der Waals surface area contributed by atoms with Crippen LogP contribution >= 0.6 is 45.2 Å². The highest BCUT2D eigenvalue weighted by atomic mass is 127. The van der Waals surface area contributed by atoms with Gasteiger partial charge in [0.25, 0.3) is 11.8 Å². The van der Waals surface area contributed by atoms with Gasteiger partial charge >= 0.3 is 0 Å². The fraction of sp³-hybridized carbons (Fsp3) is 0.0333. The lowest BCUT2D eigenvalue weighted by molar-refractivity contribution is 0.0960. The summed E-state index contributed by atoms with van der Waals surface area (Å²) in [6.45, 7) is 0. The van der Waals surface area contributed by atoms with Crippen molar-refractivity contribution < 1.29 is 35.9 Å². The van der Waals surface area contributed by atoms with Crippen molar-refractivity contribution in [1.82, 2.24) is 9.55 Å². The highest BCUT2D eigenvalue weighted by Crippen LogP contribution is 2.39. The first kappa shape index (κ1) is 31.5. The van der Waals surface area contributed by atoms with Gasteiger partial charge in [0.15, 0.2) is 23.3 Å². The monoisotopic (exact) mass is 832 g/mol. The molecule has 1 aliphatic rings. The molecule has 6 nitrogen and oxygen atoms in total. The Morgan fingerprint density at radius 1 is 0.886 bits per heavy atom. The molecule has 44 heavy (non-hydrogen) atoms. The van der Waals surface area contributed by atoms with Gasteiger partial charge in [-0.1, -0.05) is 12.2 Å². The van der Waals surface area contributed by atoms with Crippen molar-refractivity contribution >= 4 is 74.1 Å². The maximum absolute atomic E-state index is 15.7. The Morgan fingerprint density at radius 2 is 1.59 bits per heavy atom. The molecule has 1 N–H and O–H groups in total. The fourth-order valence-corrected chi connectivity index (χ4v) is 5.30. The van der Waals surface area contributed by atoms with Crippen molar-refractivity contribution in [3.63, 3.8) is 0 Å². The smallest absolute Gasteiger partial charge is 0.265 e. The summed E-state index contributed by atoms with van der Waals surface area (Å²) in [7, 11) is 0. The maximum atomic E-state index is 15.7. The molecule has 0 radical (unpaired) electrons. The van der Waals surface area contributed by atoms with E-state index < -0.39 is 74.9 Å². The minimum Gasteiger partial charge on any atom is -0.353 e. The van der Waals surface area contributed by atoms with Crippen molar-refractivity contribution in [1.29, 1.82) is 0 Å². The third-order valence-electron chi connectivity index (χ3n) is 6.37. The van der Waals surface area contributed by atoms with Crippen molar-refractivity contribution in [2.24, 2.45) is 0 Å². The lowest BCUT2D eigenvalue weighted by Gasteiger charge is -2.27. The fourth-order valence-electron chi connectivity index (χ4n) is 4.32. The average molecular weight is 832 g/mol. The number of hydrogen-bond acceptors (Lipinski definition) is 4. The first-order valence-electron chi connectivity index (χ1n) is 12.5. The first-order chi connectivity index (χ1) is 21.0. The van der Waals surface area contributed by atoms with Gasteiger partial charge in [0.1, 0.15) is 23.7 Å². The summed E-state index contributed by atoms with van der Waals surface area (Å²) < 4.78 is 92.6. The van der Waals surface area contributed by atoms with Gasteiger partial charge < -0.3 is 5.32 Å². The van der Waals surface area contributed by atoms with Crippen LogP contribution in [0.1, 0.15) is 27.1 Å². The molecule has 4 aromatic rings. The van der Waals surface area contributed by atoms with Crippen molar-refractivity contribution in [3.8, 4) is 0 Å². The number of amides is 1. The minimum atomic E-state index is -1.71. The molecule has 0 unspecified atom stereocenters. The van der Waals surface area contributed by atoms with E-state index in [9.17, 15) is 22.8 Å². The average Bonchev–Trinajstić information content (AvgIpc) is 3.47. The second-order valence-electron chi connectivity index (χ2n) is 9.14. The number of imidazole rings is 1. The predicted molar refractivity (Wildman–Crippen MR) is 168 cm³/mol. The molecule has 0 aliphatic heterocycles. The number of benzene rings is 3. The van der Waals surface area contributed by atoms with Gasteiger partial charge in [-0.3, -0.25) is 19.1 Å². The second-order valence-corrected chi connectivity index (χ2v) is 11.6. The van der Waals surface area contributed by atoms with Gasteiger partial charge in [0, 0.05) is 26.0 Å². The van der Waals surface area contributed by atoms with E-state index in [-0.39, 0.29) is 12.1 Å². The highest BCUT2D eigenvalue weighted by Gasteiger charge is 2.34. The van der Waals surface area contributed by atoms with Crippen molar-refractivity contribution in [2.75, 3.05) is 10.2 Å². The first-order valence-corrected chi connectivity index (χ1v) is 14.6. The van der Waals surface area contributed by atoms with Crippen molar-refractivity contribution in [3.05, 3.63) is 138 Å². The third-order valence-corrected chi connectivity index (χ3v) is 7.71. The minimum absolute atomic E-state index is 0.115. The Balaban J connectivity index is 1.76. The molecule has 1 amide bonds. The molecule has 224 valence electrons. The van der Waals surface area contributed by atoms with E-state index in [1.165, 1.54) is 24.5 Å². The summed E-state index contributed by atoms with van der Waals surface area (Å²) in [5.74, 6) is -10.5. The normalized spacial score (nSPS) is 13.0. The molecule has 3 aromatic carbocycles. The molecule has 1 heterocycles. The summed E-state index contributed by atoms with van der Waals surface area (Å²) in [6, 6.07) is 6.35. The van der Waals surface area contributed by atoms with Crippen LogP contribution in [-0.2, 0) is 0 Å². The van der Waals surface area contributed by atoms with Gasteiger partial charge in [-0.25, -0.2) is 31.3 Å². The van der Waals surface area contributed by atoms with Crippen LogP contribution in [-0.4, -0.2) is 21.4 Å². The highest BCUT2D eigenvalue weighted by molar-refractivity contribution is 14.1. The Morgan fingerprint density at radius 3 is 2.27 bits per heavy atom. The Labute approximate surface area is 273 Å². The molecule has 0 spiro atoms. The van der Waals surface area contributed by atoms with Gasteiger partial charge in [-0.15, -0.1) is 0 Å². The Bertz CT molecular complexity index is 1910. The number of carbonyl (C=O) groups is 2. The molecule has 0 bridgehead atoms. The molecule has 0 atom stereocenters. The number of rotatable bonds is 6. The zero-order chi connectivity index (χ0) is 31.7. The summed E-state index contributed by atoms with van der Waals surface area (Å²) in [4.78, 5) is 31.8. The molecule has 0 fully saturated rings. The van der Waals surface area contributed by atoms with E-state index in [0.29, 0.717) is 24.2 Å². The van der Waals surface area contributed by atoms with E-state index in [1.54, 1.807) is 28.7 Å². The standard InChI is InChI=1S/C30H16F6I2N4O2/c31-19-7-5-17(27(25(19)35)40-23-3-1-2-15(37)12-21(23)33)30(44)42(24-9-4-16(38)13-22(24)34)28-18(6-8-20(32)26(28)36)29(43)41-11-10-39-14-41/h1-2,4-14,40H,3H2. The lowest BCUT2D eigenvalue weighted by atomic mass is 10.0. The maximum Gasteiger partial charge on any atom is 0.265 e. The van der Waals surface area contributed by atoms with E-state index >= 15 is 13.2 Å². The number of nitrogens with zero attached hydrogens (tertiary/aromatic N) is 3. The van der Waals surface area contributed by atoms with E-state index in [2.05, 4.69) is 10.3 Å². The summed E-state index contributed by atoms with van der Waals surface area (Å²) in [5.41, 5.74) is -4.05. The van der Waals surface area contributed by atoms with E-state index in [0.717, 1.165) is 41.2 Å². The van der Waals surface area contributed by atoms with E-state index in [4.69, 9.17) is 0 Å². The summed E-state index contributed by atoms with van der Waals surface area (Å²) in [6.07, 6.45) is 7.64. The SMILES string of the molecule is O=C(c1ccc(F)c(F)c1NC1=C(F)C=C(I)C=CC1)N(c1ccc(I)cc1F)c1c(C(=O)n2ccnc2)ccc(F)c1F. The molecule has 0 saturated heterocycles. The van der Waals surface area contributed by atoms with Crippen LogP contribution < -0.4 is 10.2 Å². The van der Waals surface area contributed by atoms with Crippen LogP contribution in [0.5, 0.6) is 0 Å². The Kier molecular flexibility index (Phi) is 9.28. The van der Waals surface area contributed by atoms with Gasteiger partial charge in [0.05, 0.1) is 28.2 Å². The zero-order valence-electron chi connectivity index (χ0n) is 21.9. The number of nitrogens with one attached hydrogen (secondary N) is 1. The van der Waals surface area contributed by atoms with Crippen LogP contribution in [0.15, 0.2) is 94.5 Å². The van der Waals surface area contributed by atoms with Crippen LogP contribution in [0.25, 0.3) is 0 Å².